The third kappa shape index (κ3) is 4.29. The summed E-state index contributed by atoms with van der Waals surface area (Å²) < 4.78 is 33.0. The van der Waals surface area contributed by atoms with Crippen LogP contribution in [0.2, 0.25) is 0 Å². The molecular weight excluding hydrogens is 438 g/mol. The zero-order chi connectivity index (χ0) is 26.2. The molecule has 0 bridgehead atoms. The summed E-state index contributed by atoms with van der Waals surface area (Å²) in [6.07, 6.45) is 3.53. The molecule has 0 atom stereocenters. The molecule has 1 aliphatic heterocycles. The number of para-hydroxylation sites is 1. The fourth-order valence-corrected chi connectivity index (χ4v) is 3.59. The highest BCUT2D eigenvalue weighted by Crippen LogP contribution is 2.38. The van der Waals surface area contributed by atoms with Gasteiger partial charge >= 0.3 is 0 Å². The van der Waals surface area contributed by atoms with Gasteiger partial charge < -0.3 is 30.4 Å². The monoisotopic (exact) mass is 466 g/mol. The fraction of sp³-hybridized carbons (Fsp3) is 0.348. The zero-order valence-electron chi connectivity index (χ0n) is 21.3. The SMILES string of the molecule is [2H]C([2H])([2H])NC(=O)c1nnc(C(=O)NC2CC2)cc1Nc1cccc(-c2ncc(C3COC3)[nH]2)c1OC. The maximum Gasteiger partial charge on any atom is 0.273 e. The Morgan fingerprint density at radius 1 is 1.21 bits per heavy atom. The number of rotatable bonds is 8. The van der Waals surface area contributed by atoms with Crippen LogP contribution >= 0.6 is 0 Å². The molecule has 0 unspecified atom stereocenters. The number of hydrogen-bond donors (Lipinski definition) is 4. The molecule has 4 N–H and O–H groups in total. The van der Waals surface area contributed by atoms with Gasteiger partial charge in [0.05, 0.1) is 37.3 Å². The summed E-state index contributed by atoms with van der Waals surface area (Å²) in [5.41, 5.74) is 1.82. The molecule has 11 nitrogen and oxygen atoms in total. The Hall–Kier alpha value is -3.99. The number of carbonyl (C=O) groups excluding carboxylic acids is 2. The molecule has 3 aromatic rings. The Kier molecular flexibility index (Phi) is 4.94. The molecule has 1 aliphatic carbocycles. The average Bonchev–Trinajstić information content (AvgIpc) is 3.50. The molecule has 2 aromatic heterocycles. The van der Waals surface area contributed by atoms with Crippen LogP contribution in [0, 0.1) is 0 Å². The number of carbonyl (C=O) groups is 2. The molecule has 11 heteroatoms. The van der Waals surface area contributed by atoms with Crippen LogP contribution in [0.5, 0.6) is 5.75 Å². The van der Waals surface area contributed by atoms with E-state index in [9.17, 15) is 9.59 Å². The van der Waals surface area contributed by atoms with E-state index < -0.39 is 18.8 Å². The van der Waals surface area contributed by atoms with E-state index in [0.717, 1.165) is 18.5 Å². The number of aromatic amines is 1. The van der Waals surface area contributed by atoms with Crippen molar-refractivity contribution in [2.24, 2.45) is 0 Å². The summed E-state index contributed by atoms with van der Waals surface area (Å²) in [7, 11) is 1.50. The lowest BCUT2D eigenvalue weighted by Crippen LogP contribution is -2.28. The standard InChI is InChI=1S/C23H25N7O4/c1-24-23(32)19-16(8-17(29-30-19)22(31)26-13-6-7-13)27-15-5-3-4-14(20(15)33-2)21-25-9-18(28-21)12-10-34-11-12/h3-5,8-9,12-13H,6-7,10-11H2,1-2H3,(H,24,32)(H,25,28)(H,26,31)(H,27,29)/i1D3. The number of anilines is 2. The van der Waals surface area contributed by atoms with Gasteiger partial charge in [0, 0.05) is 34.9 Å². The molecule has 1 aromatic carbocycles. The Morgan fingerprint density at radius 3 is 2.76 bits per heavy atom. The summed E-state index contributed by atoms with van der Waals surface area (Å²) in [6, 6.07) is 6.75. The van der Waals surface area contributed by atoms with Gasteiger partial charge in [-0.05, 0) is 31.0 Å². The molecule has 176 valence electrons. The topological polar surface area (TPSA) is 143 Å². The van der Waals surface area contributed by atoms with Gasteiger partial charge in [0.2, 0.25) is 0 Å². The van der Waals surface area contributed by atoms with E-state index in [1.165, 1.54) is 13.2 Å². The predicted octanol–water partition coefficient (Wildman–Crippen LogP) is 1.98. The van der Waals surface area contributed by atoms with Crippen molar-refractivity contribution in [3.63, 3.8) is 0 Å². The summed E-state index contributed by atoms with van der Waals surface area (Å²) in [5, 5.41) is 15.5. The Bertz CT molecular complexity index is 1340. The molecule has 2 aliphatic rings. The number of ether oxygens (including phenoxy) is 2. The maximum absolute atomic E-state index is 12.7. The summed E-state index contributed by atoms with van der Waals surface area (Å²) in [5.74, 6) is -0.158. The lowest BCUT2D eigenvalue weighted by Gasteiger charge is -2.24. The van der Waals surface area contributed by atoms with Gasteiger partial charge in [-0.25, -0.2) is 4.98 Å². The van der Waals surface area contributed by atoms with Gasteiger partial charge in [-0.1, -0.05) is 6.07 Å². The largest absolute Gasteiger partial charge is 0.494 e. The predicted molar refractivity (Wildman–Crippen MR) is 123 cm³/mol. The van der Waals surface area contributed by atoms with Crippen LogP contribution in [0.4, 0.5) is 11.4 Å². The summed E-state index contributed by atoms with van der Waals surface area (Å²) >= 11 is 0. The van der Waals surface area contributed by atoms with Gasteiger partial charge in [-0.2, -0.15) is 0 Å². The molecular formula is C23H25N7O4. The second-order valence-electron chi connectivity index (χ2n) is 8.13. The molecule has 1 saturated carbocycles. The van der Waals surface area contributed by atoms with Crippen LogP contribution in [0.25, 0.3) is 11.4 Å². The number of methoxy groups -OCH3 is 1. The number of benzene rings is 1. The third-order valence-corrected chi connectivity index (χ3v) is 5.68. The van der Waals surface area contributed by atoms with Crippen molar-refractivity contribution in [1.29, 1.82) is 0 Å². The highest BCUT2D eigenvalue weighted by atomic mass is 16.5. The van der Waals surface area contributed by atoms with Crippen LogP contribution in [0.1, 0.15) is 49.5 Å². The molecule has 2 amide bonds. The highest BCUT2D eigenvalue weighted by Gasteiger charge is 2.26. The van der Waals surface area contributed by atoms with Crippen LogP contribution in [-0.2, 0) is 4.74 Å². The van der Waals surface area contributed by atoms with Crippen LogP contribution in [0.15, 0.2) is 30.5 Å². The lowest BCUT2D eigenvalue weighted by atomic mass is 10.1. The minimum Gasteiger partial charge on any atom is -0.494 e. The van der Waals surface area contributed by atoms with Crippen LogP contribution in [0.3, 0.4) is 0 Å². The van der Waals surface area contributed by atoms with Gasteiger partial charge in [0.1, 0.15) is 5.82 Å². The molecule has 0 spiro atoms. The smallest absolute Gasteiger partial charge is 0.273 e. The number of hydrogen-bond acceptors (Lipinski definition) is 8. The van der Waals surface area contributed by atoms with E-state index in [4.69, 9.17) is 13.6 Å². The van der Waals surface area contributed by atoms with E-state index in [2.05, 4.69) is 30.8 Å². The van der Waals surface area contributed by atoms with Gasteiger partial charge in [-0.3, -0.25) is 9.59 Å². The number of nitrogens with zero attached hydrogens (tertiary/aromatic N) is 3. The Morgan fingerprint density at radius 2 is 2.06 bits per heavy atom. The molecule has 34 heavy (non-hydrogen) atoms. The summed E-state index contributed by atoms with van der Waals surface area (Å²) in [6.45, 7) is -1.47. The number of H-pyrrole nitrogens is 1. The van der Waals surface area contributed by atoms with Gasteiger partial charge in [0.15, 0.2) is 17.1 Å². The second-order valence-corrected chi connectivity index (χ2v) is 8.13. The Balaban J connectivity index is 1.50. The molecule has 0 radical (unpaired) electrons. The quantitative estimate of drug-likeness (QED) is 0.395. The number of amides is 2. The third-order valence-electron chi connectivity index (χ3n) is 5.68. The van der Waals surface area contributed by atoms with E-state index >= 15 is 0 Å². The van der Waals surface area contributed by atoms with Crippen LogP contribution < -0.4 is 20.7 Å². The van der Waals surface area contributed by atoms with E-state index in [1.807, 2.05) is 11.4 Å². The van der Waals surface area contributed by atoms with E-state index in [0.29, 0.717) is 36.0 Å². The van der Waals surface area contributed by atoms with Crippen molar-refractivity contribution in [1.82, 2.24) is 30.8 Å². The van der Waals surface area contributed by atoms with Gasteiger partial charge in [-0.15, -0.1) is 10.2 Å². The maximum atomic E-state index is 12.7. The van der Waals surface area contributed by atoms with Gasteiger partial charge in [0.25, 0.3) is 11.8 Å². The van der Waals surface area contributed by atoms with Crippen molar-refractivity contribution < 1.29 is 23.2 Å². The van der Waals surface area contributed by atoms with E-state index in [1.54, 1.807) is 18.3 Å². The number of nitrogens with one attached hydrogen (secondary N) is 4. The molecule has 5 rings (SSSR count). The van der Waals surface area contributed by atoms with Crippen molar-refractivity contribution in [3.8, 4) is 17.1 Å². The van der Waals surface area contributed by atoms with E-state index in [-0.39, 0.29) is 29.0 Å². The Labute approximate surface area is 199 Å². The molecule has 2 fully saturated rings. The lowest BCUT2D eigenvalue weighted by molar-refractivity contribution is 0.00689. The molecule has 1 saturated heterocycles. The molecule has 3 heterocycles. The normalized spacial score (nSPS) is 17.0. The first kappa shape index (κ1) is 18.4. The van der Waals surface area contributed by atoms with Crippen molar-refractivity contribution >= 4 is 23.2 Å². The van der Waals surface area contributed by atoms with Crippen molar-refractivity contribution in [2.75, 3.05) is 32.6 Å². The highest BCUT2D eigenvalue weighted by molar-refractivity contribution is 6.00. The fourth-order valence-electron chi connectivity index (χ4n) is 3.59. The first-order valence-electron chi connectivity index (χ1n) is 12.3. The second kappa shape index (κ2) is 9.10. The zero-order valence-corrected chi connectivity index (χ0v) is 18.3. The first-order chi connectivity index (χ1) is 17.7. The van der Waals surface area contributed by atoms with Crippen molar-refractivity contribution in [3.05, 3.63) is 47.5 Å². The number of imidazole rings is 1. The van der Waals surface area contributed by atoms with Crippen LogP contribution in [-0.4, -0.2) is 65.3 Å². The number of aromatic nitrogens is 4. The first-order valence-corrected chi connectivity index (χ1v) is 10.8. The summed E-state index contributed by atoms with van der Waals surface area (Å²) in [4.78, 5) is 33.1. The average molecular weight is 467 g/mol. The minimum absolute atomic E-state index is 0.0200. The van der Waals surface area contributed by atoms with Crippen molar-refractivity contribution in [2.45, 2.75) is 24.8 Å². The minimum atomic E-state index is -2.74.